The van der Waals surface area contributed by atoms with Crippen LogP contribution >= 0.6 is 11.8 Å². The molecule has 0 aromatic heterocycles. The van der Waals surface area contributed by atoms with Gasteiger partial charge in [0.1, 0.15) is 0 Å². The molecule has 24 heavy (non-hydrogen) atoms. The third-order valence-corrected chi connectivity index (χ3v) is 5.80. The topological polar surface area (TPSA) is 39.7 Å². The van der Waals surface area contributed by atoms with Crippen molar-refractivity contribution in [3.8, 4) is 0 Å². The standard InChI is InChI=1S/C19H32N4S/c1-19(2,24-4)15-22-18(20-3)21-13-16-7-9-17(10-8-16)14-23-11-5-6-12-23/h7-10H,5-6,11-15H2,1-4H3,(H2,20,21,22). The van der Waals surface area contributed by atoms with Crippen molar-refractivity contribution < 1.29 is 0 Å². The molecule has 0 unspecified atom stereocenters. The first-order chi connectivity index (χ1) is 11.5. The van der Waals surface area contributed by atoms with E-state index >= 15 is 0 Å². The Morgan fingerprint density at radius 3 is 2.33 bits per heavy atom. The predicted molar refractivity (Wildman–Crippen MR) is 107 cm³/mol. The van der Waals surface area contributed by atoms with Gasteiger partial charge in [0.15, 0.2) is 5.96 Å². The van der Waals surface area contributed by atoms with Gasteiger partial charge in [0.2, 0.25) is 0 Å². The van der Waals surface area contributed by atoms with Crippen LogP contribution in [0.4, 0.5) is 0 Å². The minimum Gasteiger partial charge on any atom is -0.355 e. The van der Waals surface area contributed by atoms with Crippen LogP contribution in [0.1, 0.15) is 37.8 Å². The van der Waals surface area contributed by atoms with E-state index in [1.165, 1.54) is 37.1 Å². The summed E-state index contributed by atoms with van der Waals surface area (Å²) >= 11 is 1.86. The molecule has 0 aliphatic carbocycles. The Balaban J connectivity index is 1.78. The Bertz CT molecular complexity index is 519. The van der Waals surface area contributed by atoms with Crippen LogP contribution in [0.2, 0.25) is 0 Å². The van der Waals surface area contributed by atoms with Gasteiger partial charge in [-0.15, -0.1) is 0 Å². The Kier molecular flexibility index (Phi) is 7.43. The van der Waals surface area contributed by atoms with Crippen LogP contribution in [-0.2, 0) is 13.1 Å². The van der Waals surface area contributed by atoms with Crippen LogP contribution < -0.4 is 10.6 Å². The predicted octanol–water partition coefficient (Wildman–Crippen LogP) is 3.09. The van der Waals surface area contributed by atoms with Gasteiger partial charge in [-0.3, -0.25) is 9.89 Å². The number of hydrogen-bond acceptors (Lipinski definition) is 3. The highest BCUT2D eigenvalue weighted by Gasteiger charge is 2.16. The number of aliphatic imine (C=N–C) groups is 1. The highest BCUT2D eigenvalue weighted by Crippen LogP contribution is 2.19. The summed E-state index contributed by atoms with van der Waals surface area (Å²) in [5, 5.41) is 6.80. The second-order valence-electron chi connectivity index (χ2n) is 7.04. The first-order valence-electron chi connectivity index (χ1n) is 8.82. The molecule has 1 aromatic rings. The maximum Gasteiger partial charge on any atom is 0.191 e. The van der Waals surface area contributed by atoms with Gasteiger partial charge in [-0.2, -0.15) is 11.8 Å². The van der Waals surface area contributed by atoms with E-state index in [9.17, 15) is 0 Å². The quantitative estimate of drug-likeness (QED) is 0.587. The lowest BCUT2D eigenvalue weighted by Crippen LogP contribution is -2.42. The number of guanidine groups is 1. The zero-order valence-electron chi connectivity index (χ0n) is 15.6. The molecule has 2 rings (SSSR count). The fourth-order valence-corrected chi connectivity index (χ4v) is 2.95. The van der Waals surface area contributed by atoms with E-state index in [4.69, 9.17) is 0 Å². The van der Waals surface area contributed by atoms with Crippen molar-refractivity contribution in [2.45, 2.75) is 44.5 Å². The number of benzene rings is 1. The molecule has 134 valence electrons. The first-order valence-corrected chi connectivity index (χ1v) is 10.0. The van der Waals surface area contributed by atoms with Crippen molar-refractivity contribution in [2.24, 2.45) is 4.99 Å². The van der Waals surface area contributed by atoms with Crippen LogP contribution in [-0.4, -0.2) is 48.5 Å². The largest absolute Gasteiger partial charge is 0.355 e. The number of rotatable bonds is 7. The van der Waals surface area contributed by atoms with Crippen LogP contribution in [0.25, 0.3) is 0 Å². The van der Waals surface area contributed by atoms with E-state index in [-0.39, 0.29) is 4.75 Å². The number of nitrogens with zero attached hydrogens (tertiary/aromatic N) is 2. The van der Waals surface area contributed by atoms with Crippen molar-refractivity contribution in [3.63, 3.8) is 0 Å². The summed E-state index contributed by atoms with van der Waals surface area (Å²) in [7, 11) is 1.82. The Hall–Kier alpha value is -1.20. The highest BCUT2D eigenvalue weighted by atomic mass is 32.2. The monoisotopic (exact) mass is 348 g/mol. The minimum atomic E-state index is 0.203. The highest BCUT2D eigenvalue weighted by molar-refractivity contribution is 7.99. The van der Waals surface area contributed by atoms with E-state index < -0.39 is 0 Å². The molecule has 0 radical (unpaired) electrons. The summed E-state index contributed by atoms with van der Waals surface area (Å²) in [6, 6.07) is 8.94. The average molecular weight is 349 g/mol. The Morgan fingerprint density at radius 2 is 1.75 bits per heavy atom. The van der Waals surface area contributed by atoms with Gasteiger partial charge in [-0.05, 0) is 57.2 Å². The molecular weight excluding hydrogens is 316 g/mol. The molecule has 0 saturated carbocycles. The number of nitrogens with one attached hydrogen (secondary N) is 2. The van der Waals surface area contributed by atoms with Crippen molar-refractivity contribution in [2.75, 3.05) is 32.9 Å². The van der Waals surface area contributed by atoms with Gasteiger partial charge in [0.25, 0.3) is 0 Å². The zero-order valence-corrected chi connectivity index (χ0v) is 16.4. The van der Waals surface area contributed by atoms with Crippen molar-refractivity contribution in [1.29, 1.82) is 0 Å². The van der Waals surface area contributed by atoms with E-state index in [1.54, 1.807) is 0 Å². The number of hydrogen-bond donors (Lipinski definition) is 2. The molecule has 1 aliphatic heterocycles. The summed E-state index contributed by atoms with van der Waals surface area (Å²) in [4.78, 5) is 6.84. The Morgan fingerprint density at radius 1 is 1.12 bits per heavy atom. The molecular formula is C19H32N4S. The van der Waals surface area contributed by atoms with Crippen LogP contribution in [0, 0.1) is 0 Å². The molecule has 1 heterocycles. The lowest BCUT2D eigenvalue weighted by atomic mass is 10.1. The summed E-state index contributed by atoms with van der Waals surface area (Å²) in [5.74, 6) is 0.860. The van der Waals surface area contributed by atoms with Gasteiger partial charge in [0.05, 0.1) is 0 Å². The maximum atomic E-state index is 4.30. The molecule has 1 aromatic carbocycles. The van der Waals surface area contributed by atoms with E-state index in [2.05, 4.69) is 64.9 Å². The van der Waals surface area contributed by atoms with Crippen LogP contribution in [0.15, 0.2) is 29.3 Å². The molecule has 5 heteroatoms. The maximum absolute atomic E-state index is 4.30. The third-order valence-electron chi connectivity index (χ3n) is 4.55. The molecule has 0 atom stereocenters. The van der Waals surface area contributed by atoms with Gasteiger partial charge in [-0.1, -0.05) is 24.3 Å². The van der Waals surface area contributed by atoms with E-state index in [0.717, 1.165) is 25.6 Å². The van der Waals surface area contributed by atoms with Gasteiger partial charge < -0.3 is 10.6 Å². The normalized spacial score (nSPS) is 16.4. The second-order valence-corrected chi connectivity index (χ2v) is 8.56. The second kappa shape index (κ2) is 9.33. The molecule has 1 saturated heterocycles. The molecule has 0 amide bonds. The smallest absolute Gasteiger partial charge is 0.191 e. The summed E-state index contributed by atoms with van der Waals surface area (Å²) in [6.07, 6.45) is 4.84. The summed E-state index contributed by atoms with van der Waals surface area (Å²) in [6.45, 7) is 9.73. The first kappa shape index (κ1) is 19.1. The lowest BCUT2D eigenvalue weighted by Gasteiger charge is -2.23. The molecule has 1 fully saturated rings. The molecule has 0 spiro atoms. The SMILES string of the molecule is CN=C(NCc1ccc(CN2CCCC2)cc1)NCC(C)(C)SC. The van der Waals surface area contributed by atoms with E-state index in [1.807, 2.05) is 18.8 Å². The van der Waals surface area contributed by atoms with Gasteiger partial charge >= 0.3 is 0 Å². The summed E-state index contributed by atoms with van der Waals surface area (Å²) in [5.41, 5.74) is 2.69. The average Bonchev–Trinajstić information content (AvgIpc) is 3.09. The summed E-state index contributed by atoms with van der Waals surface area (Å²) < 4.78 is 0.203. The lowest BCUT2D eigenvalue weighted by molar-refractivity contribution is 0.331. The van der Waals surface area contributed by atoms with Gasteiger partial charge in [0, 0.05) is 31.4 Å². The molecule has 2 N–H and O–H groups in total. The third kappa shape index (κ3) is 6.36. The fourth-order valence-electron chi connectivity index (χ4n) is 2.74. The van der Waals surface area contributed by atoms with Crippen molar-refractivity contribution in [3.05, 3.63) is 35.4 Å². The van der Waals surface area contributed by atoms with Crippen molar-refractivity contribution in [1.82, 2.24) is 15.5 Å². The zero-order chi connectivity index (χ0) is 17.4. The number of likely N-dealkylation sites (tertiary alicyclic amines) is 1. The Labute approximate surface area is 151 Å². The molecule has 4 nitrogen and oxygen atoms in total. The van der Waals surface area contributed by atoms with Gasteiger partial charge in [-0.25, -0.2) is 0 Å². The van der Waals surface area contributed by atoms with Crippen LogP contribution in [0.3, 0.4) is 0 Å². The molecule has 1 aliphatic rings. The molecule has 0 bridgehead atoms. The fraction of sp³-hybridized carbons (Fsp3) is 0.632. The van der Waals surface area contributed by atoms with Crippen molar-refractivity contribution >= 4 is 17.7 Å². The van der Waals surface area contributed by atoms with E-state index in [0.29, 0.717) is 0 Å². The minimum absolute atomic E-state index is 0.203. The number of thioether (sulfide) groups is 1. The van der Waals surface area contributed by atoms with Crippen LogP contribution in [0.5, 0.6) is 0 Å².